The molecule has 0 aromatic rings. The zero-order valence-corrected chi connectivity index (χ0v) is 6.87. The summed E-state index contributed by atoms with van der Waals surface area (Å²) in [6, 6.07) is 0. The Morgan fingerprint density at radius 2 is 1.50 bits per heavy atom. The van der Waals surface area contributed by atoms with Crippen molar-refractivity contribution in [3.63, 3.8) is 0 Å². The maximum absolute atomic E-state index is 4.59. The Kier molecular flexibility index (Phi) is 4.38. The highest BCUT2D eigenvalue weighted by Gasteiger charge is 1.76. The standard InChI is InChI=1S/CHI2S/c2-1(3)4/h1H. The summed E-state index contributed by atoms with van der Waals surface area (Å²) in [7, 11) is 0. The van der Waals surface area contributed by atoms with Gasteiger partial charge in [-0.1, -0.05) is 57.8 Å². The van der Waals surface area contributed by atoms with Crippen LogP contribution in [0.5, 0.6) is 0 Å². The largest absolute Gasteiger partial charge is 0.118 e. The second-order valence-electron chi connectivity index (χ2n) is 0.261. The van der Waals surface area contributed by atoms with E-state index in [-0.39, 0.29) is 0 Å². The van der Waals surface area contributed by atoms with Gasteiger partial charge in [-0.15, -0.1) is 0 Å². The number of hydrogen-bond donors (Lipinski definition) is 0. The molecule has 0 atom stereocenters. The molecule has 0 amide bonds. The smallest absolute Gasteiger partial charge is 0.0672 e. The molecule has 0 nitrogen and oxygen atoms in total. The van der Waals surface area contributed by atoms with Crippen LogP contribution in [0.2, 0.25) is 0 Å². The van der Waals surface area contributed by atoms with Crippen LogP contribution in [0.1, 0.15) is 0 Å². The van der Waals surface area contributed by atoms with E-state index in [1.165, 1.54) is 0 Å². The Balaban J connectivity index is 2.32. The average Bonchev–Trinajstić information content (AvgIpc) is 0.811. The van der Waals surface area contributed by atoms with E-state index in [9.17, 15) is 0 Å². The predicted octanol–water partition coefficient (Wildman–Crippen LogP) is 2.34. The SMILES string of the molecule is [S]C(I)I. The highest BCUT2D eigenvalue weighted by atomic mass is 127. The van der Waals surface area contributed by atoms with Gasteiger partial charge in [-0.2, -0.15) is 0 Å². The third-order valence-corrected chi connectivity index (χ3v) is 0. The van der Waals surface area contributed by atoms with Gasteiger partial charge >= 0.3 is 0 Å². The molecule has 0 rings (SSSR count). The van der Waals surface area contributed by atoms with Crippen LogP contribution in [-0.2, 0) is 0 Å². The molecule has 0 unspecified atom stereocenters. The molecule has 4 heavy (non-hydrogen) atoms. The van der Waals surface area contributed by atoms with Gasteiger partial charge in [0.2, 0.25) is 0 Å². The van der Waals surface area contributed by atoms with Gasteiger partial charge in [0.1, 0.15) is 1.26 Å². The summed E-state index contributed by atoms with van der Waals surface area (Å²) in [6.07, 6.45) is 0. The highest BCUT2D eigenvalue weighted by Crippen LogP contribution is 2.11. The van der Waals surface area contributed by atoms with Crippen molar-refractivity contribution < 1.29 is 0 Å². The molecule has 0 aliphatic heterocycles. The molecule has 0 fully saturated rings. The minimum atomic E-state index is 0.357. The lowest BCUT2D eigenvalue weighted by atomic mass is 11.9. The lowest BCUT2D eigenvalue weighted by Crippen LogP contribution is -1.50. The van der Waals surface area contributed by atoms with Crippen LogP contribution in [0.3, 0.4) is 0 Å². The quantitative estimate of drug-likeness (QED) is 0.476. The molecule has 0 spiro atoms. The molecule has 0 aromatic carbocycles. The summed E-state index contributed by atoms with van der Waals surface area (Å²) < 4.78 is 0.357. The van der Waals surface area contributed by atoms with Gasteiger partial charge < -0.3 is 0 Å². The molecular weight excluding hydrogens is 298 g/mol. The first-order chi connectivity index (χ1) is 1.73. The molecule has 3 heteroatoms. The zero-order chi connectivity index (χ0) is 3.58. The van der Waals surface area contributed by atoms with Crippen LogP contribution in [0.25, 0.3) is 0 Å². The minimum Gasteiger partial charge on any atom is -0.0672 e. The van der Waals surface area contributed by atoms with E-state index >= 15 is 0 Å². The van der Waals surface area contributed by atoms with Crippen molar-refractivity contribution in [2.24, 2.45) is 0 Å². The van der Waals surface area contributed by atoms with E-state index in [2.05, 4.69) is 57.8 Å². The third kappa shape index (κ3) is 9.18. The van der Waals surface area contributed by atoms with Gasteiger partial charge in [-0.3, -0.25) is 0 Å². The minimum absolute atomic E-state index is 0.357. The van der Waals surface area contributed by atoms with E-state index in [1.807, 2.05) is 0 Å². The summed E-state index contributed by atoms with van der Waals surface area (Å²) >= 11 is 8.88. The van der Waals surface area contributed by atoms with Crippen molar-refractivity contribution in [1.29, 1.82) is 0 Å². The van der Waals surface area contributed by atoms with Gasteiger partial charge in [0.25, 0.3) is 0 Å². The molecule has 0 aliphatic carbocycles. The second kappa shape index (κ2) is 3.02. The molecule has 0 N–H and O–H groups in total. The van der Waals surface area contributed by atoms with Gasteiger partial charge in [-0.05, 0) is 0 Å². The van der Waals surface area contributed by atoms with Gasteiger partial charge in [0, 0.05) is 0 Å². The second-order valence-corrected chi connectivity index (χ2v) is 7.30. The summed E-state index contributed by atoms with van der Waals surface area (Å²) in [5.74, 6) is 0. The van der Waals surface area contributed by atoms with Crippen molar-refractivity contribution in [3.8, 4) is 0 Å². The number of alkyl halides is 2. The summed E-state index contributed by atoms with van der Waals surface area (Å²) in [6.45, 7) is 0. The fourth-order valence-electron chi connectivity index (χ4n) is 0. The lowest BCUT2D eigenvalue weighted by molar-refractivity contribution is 2.37. The fraction of sp³-hybridized carbons (Fsp3) is 1.00. The Bertz CT molecular complexity index is 10.8. The van der Waals surface area contributed by atoms with E-state index in [4.69, 9.17) is 0 Å². The van der Waals surface area contributed by atoms with Crippen LogP contribution in [0.4, 0.5) is 0 Å². The van der Waals surface area contributed by atoms with Gasteiger partial charge in [0.05, 0.1) is 0 Å². The summed E-state index contributed by atoms with van der Waals surface area (Å²) in [5.41, 5.74) is 0. The zero-order valence-electron chi connectivity index (χ0n) is 1.74. The topological polar surface area (TPSA) is 0 Å². The van der Waals surface area contributed by atoms with Crippen molar-refractivity contribution in [3.05, 3.63) is 0 Å². The van der Waals surface area contributed by atoms with Gasteiger partial charge in [0.15, 0.2) is 0 Å². The monoisotopic (exact) mass is 299 g/mol. The Labute approximate surface area is 58.4 Å². The van der Waals surface area contributed by atoms with E-state index < -0.39 is 0 Å². The Morgan fingerprint density at radius 3 is 1.50 bits per heavy atom. The summed E-state index contributed by atoms with van der Waals surface area (Å²) in [4.78, 5) is 0. The molecular formula is CHI2S. The maximum Gasteiger partial charge on any atom is 0.118 e. The molecule has 0 aliphatic rings. The van der Waals surface area contributed by atoms with E-state index in [1.54, 1.807) is 0 Å². The lowest BCUT2D eigenvalue weighted by Gasteiger charge is -1.70. The van der Waals surface area contributed by atoms with Crippen molar-refractivity contribution in [2.75, 3.05) is 0 Å². The first-order valence-electron chi connectivity index (χ1n) is 0.672. The van der Waals surface area contributed by atoms with Crippen LogP contribution < -0.4 is 0 Å². The number of hydrogen-bond acceptors (Lipinski definition) is 0. The first kappa shape index (κ1) is 5.81. The maximum atomic E-state index is 4.59. The van der Waals surface area contributed by atoms with Crippen molar-refractivity contribution in [1.82, 2.24) is 0 Å². The van der Waals surface area contributed by atoms with Crippen LogP contribution >= 0.6 is 57.8 Å². The number of rotatable bonds is 0. The third-order valence-electron chi connectivity index (χ3n) is 0. The average molecular weight is 299 g/mol. The van der Waals surface area contributed by atoms with E-state index in [0.717, 1.165) is 0 Å². The Morgan fingerprint density at radius 1 is 1.50 bits per heavy atom. The van der Waals surface area contributed by atoms with Crippen molar-refractivity contribution in [2.45, 2.75) is 1.26 Å². The molecule has 0 bridgehead atoms. The normalized spacial score (nSPS) is 9.00. The molecule has 25 valence electrons. The fourth-order valence-corrected chi connectivity index (χ4v) is 0. The summed E-state index contributed by atoms with van der Waals surface area (Å²) in [5, 5.41) is 0. The van der Waals surface area contributed by atoms with Crippen LogP contribution in [0, 0.1) is 0 Å². The highest BCUT2D eigenvalue weighted by molar-refractivity contribution is 14.2. The molecule has 1 radical (unpaired) electrons. The molecule has 0 saturated heterocycles. The molecule has 0 saturated carbocycles. The predicted molar refractivity (Wildman–Crippen MR) is 39.4 cm³/mol. The first-order valence-corrected chi connectivity index (χ1v) is 3.63. The van der Waals surface area contributed by atoms with Gasteiger partial charge in [-0.25, -0.2) is 0 Å². The number of halogens is 2. The Hall–Kier alpha value is 1.81. The van der Waals surface area contributed by atoms with E-state index in [0.29, 0.717) is 1.26 Å². The van der Waals surface area contributed by atoms with Crippen LogP contribution in [-0.4, -0.2) is 1.26 Å². The molecule has 0 heterocycles. The van der Waals surface area contributed by atoms with Crippen molar-refractivity contribution >= 4 is 57.8 Å². The molecule has 0 aromatic heterocycles. The van der Waals surface area contributed by atoms with Crippen LogP contribution in [0.15, 0.2) is 0 Å².